The maximum Gasteiger partial charge on any atom is 0.347 e. The van der Waals surface area contributed by atoms with E-state index in [0.717, 1.165) is 11.3 Å². The van der Waals surface area contributed by atoms with Gasteiger partial charge in [0.05, 0.1) is 18.3 Å². The molecule has 2 rings (SSSR count). The molecular weight excluding hydrogens is 282 g/mol. The number of likely N-dealkylation sites (tertiary alicyclic amines) is 1. The van der Waals surface area contributed by atoms with Crippen molar-refractivity contribution in [2.75, 3.05) is 13.1 Å². The van der Waals surface area contributed by atoms with Crippen LogP contribution < -0.4 is 5.32 Å². The van der Waals surface area contributed by atoms with Crippen molar-refractivity contribution in [1.29, 1.82) is 0 Å². The topological polar surface area (TPSA) is 103 Å². The molecule has 110 valence electrons. The number of aromatic nitrogens is 1. The molecule has 3 N–H and O–H groups in total. The molecular formula is C12H17N3O4S. The van der Waals surface area contributed by atoms with Crippen molar-refractivity contribution in [2.24, 2.45) is 0 Å². The highest BCUT2D eigenvalue weighted by molar-refractivity contribution is 7.13. The molecule has 1 fully saturated rings. The highest BCUT2D eigenvalue weighted by Crippen LogP contribution is 2.18. The third-order valence-corrected chi connectivity index (χ3v) is 4.32. The Hall–Kier alpha value is -1.67. The van der Waals surface area contributed by atoms with Gasteiger partial charge in [-0.2, -0.15) is 0 Å². The van der Waals surface area contributed by atoms with Crippen LogP contribution in [0.3, 0.4) is 0 Å². The maximum atomic E-state index is 11.9. The second-order valence-corrected chi connectivity index (χ2v) is 5.79. The van der Waals surface area contributed by atoms with E-state index in [0.29, 0.717) is 36.6 Å². The first-order valence-electron chi connectivity index (χ1n) is 6.38. The Labute approximate surface area is 120 Å². The van der Waals surface area contributed by atoms with Gasteiger partial charge < -0.3 is 20.4 Å². The van der Waals surface area contributed by atoms with Crippen molar-refractivity contribution in [2.45, 2.75) is 32.4 Å². The largest absolute Gasteiger partial charge is 0.477 e. The number of urea groups is 1. The van der Waals surface area contributed by atoms with Crippen LogP contribution in [0.2, 0.25) is 0 Å². The van der Waals surface area contributed by atoms with Gasteiger partial charge in [-0.1, -0.05) is 0 Å². The molecule has 1 aliphatic rings. The molecule has 0 aromatic carbocycles. The molecule has 8 heteroatoms. The summed E-state index contributed by atoms with van der Waals surface area (Å²) in [4.78, 5) is 28.8. The number of rotatable bonds is 3. The van der Waals surface area contributed by atoms with Gasteiger partial charge in [0, 0.05) is 13.1 Å². The number of aromatic carboxylic acids is 1. The number of hydrogen-bond donors (Lipinski definition) is 3. The summed E-state index contributed by atoms with van der Waals surface area (Å²) in [6.07, 6.45) is 0.860. The summed E-state index contributed by atoms with van der Waals surface area (Å²) in [7, 11) is 0. The quantitative estimate of drug-likeness (QED) is 0.766. The number of nitrogens with one attached hydrogen (secondary N) is 1. The van der Waals surface area contributed by atoms with E-state index in [9.17, 15) is 14.7 Å². The minimum atomic E-state index is -0.998. The number of aliphatic hydroxyl groups is 1. The predicted octanol–water partition coefficient (Wildman–Crippen LogP) is 0.816. The summed E-state index contributed by atoms with van der Waals surface area (Å²) in [5.41, 5.74) is 0.466. The lowest BCUT2D eigenvalue weighted by Crippen LogP contribution is -2.45. The Morgan fingerprint density at radius 1 is 1.45 bits per heavy atom. The standard InChI is InChI=1S/C12H17N3O4S/c1-7-10(11(17)18)20-9(14-7)6-13-12(19)15-4-2-8(16)3-5-15/h8,16H,2-6H2,1H3,(H,13,19)(H,17,18). The first-order valence-corrected chi connectivity index (χ1v) is 7.19. The fraction of sp³-hybridized carbons (Fsp3) is 0.583. The lowest BCUT2D eigenvalue weighted by atomic mass is 10.1. The molecule has 7 nitrogen and oxygen atoms in total. The van der Waals surface area contributed by atoms with E-state index in [-0.39, 0.29) is 23.6 Å². The molecule has 0 spiro atoms. The van der Waals surface area contributed by atoms with Crippen LogP contribution in [0.15, 0.2) is 0 Å². The monoisotopic (exact) mass is 299 g/mol. The second kappa shape index (κ2) is 6.19. The molecule has 2 amide bonds. The maximum absolute atomic E-state index is 11.9. The van der Waals surface area contributed by atoms with Gasteiger partial charge in [-0.25, -0.2) is 14.6 Å². The smallest absolute Gasteiger partial charge is 0.347 e. The molecule has 0 unspecified atom stereocenters. The van der Waals surface area contributed by atoms with Crippen molar-refractivity contribution in [3.05, 3.63) is 15.6 Å². The lowest BCUT2D eigenvalue weighted by molar-refractivity contribution is 0.0701. The van der Waals surface area contributed by atoms with Gasteiger partial charge in [0.25, 0.3) is 0 Å². The molecule has 0 radical (unpaired) electrons. The van der Waals surface area contributed by atoms with Gasteiger partial charge in [-0.15, -0.1) is 11.3 Å². The number of carbonyl (C=O) groups is 2. The van der Waals surface area contributed by atoms with Gasteiger partial charge in [0.15, 0.2) is 0 Å². The van der Waals surface area contributed by atoms with Crippen molar-refractivity contribution in [1.82, 2.24) is 15.2 Å². The summed E-state index contributed by atoms with van der Waals surface area (Å²) < 4.78 is 0. The van der Waals surface area contributed by atoms with Crippen molar-refractivity contribution < 1.29 is 19.8 Å². The highest BCUT2D eigenvalue weighted by Gasteiger charge is 2.21. The Kier molecular flexibility index (Phi) is 4.56. The molecule has 0 saturated carbocycles. The number of carbonyl (C=O) groups excluding carboxylic acids is 1. The summed E-state index contributed by atoms with van der Waals surface area (Å²) in [6, 6.07) is -0.207. The predicted molar refractivity (Wildman–Crippen MR) is 72.9 cm³/mol. The first kappa shape index (κ1) is 14.7. The number of nitrogens with zero attached hydrogens (tertiary/aromatic N) is 2. The van der Waals surface area contributed by atoms with Gasteiger partial charge >= 0.3 is 12.0 Å². The van der Waals surface area contributed by atoms with Crippen LogP contribution in [0.25, 0.3) is 0 Å². The van der Waals surface area contributed by atoms with Crippen LogP contribution in [0.5, 0.6) is 0 Å². The number of piperidine rings is 1. The van der Waals surface area contributed by atoms with Crippen LogP contribution in [0.4, 0.5) is 4.79 Å². The number of amides is 2. The molecule has 2 heterocycles. The van der Waals surface area contributed by atoms with Crippen LogP contribution in [0.1, 0.15) is 33.2 Å². The van der Waals surface area contributed by atoms with Gasteiger partial charge in [0.1, 0.15) is 9.88 Å². The highest BCUT2D eigenvalue weighted by atomic mass is 32.1. The van der Waals surface area contributed by atoms with E-state index >= 15 is 0 Å². The average molecular weight is 299 g/mol. The van der Waals surface area contributed by atoms with Crippen molar-refractivity contribution in [3.63, 3.8) is 0 Å². The summed E-state index contributed by atoms with van der Waals surface area (Å²) >= 11 is 1.07. The molecule has 1 aliphatic heterocycles. The lowest BCUT2D eigenvalue weighted by Gasteiger charge is -2.29. The van der Waals surface area contributed by atoms with E-state index in [2.05, 4.69) is 10.3 Å². The summed E-state index contributed by atoms with van der Waals surface area (Å²) in [5, 5.41) is 21.6. The average Bonchev–Trinajstić information content (AvgIpc) is 2.78. The minimum Gasteiger partial charge on any atom is -0.477 e. The fourth-order valence-corrected chi connectivity index (χ4v) is 2.90. The third kappa shape index (κ3) is 3.45. The van der Waals surface area contributed by atoms with Crippen LogP contribution in [-0.4, -0.2) is 51.3 Å². The van der Waals surface area contributed by atoms with Crippen LogP contribution in [-0.2, 0) is 6.54 Å². The zero-order valence-corrected chi connectivity index (χ0v) is 11.9. The number of aliphatic hydroxyl groups excluding tert-OH is 1. The zero-order chi connectivity index (χ0) is 14.7. The SMILES string of the molecule is Cc1nc(CNC(=O)N2CCC(O)CC2)sc1C(=O)O. The number of hydrogen-bond acceptors (Lipinski definition) is 5. The van der Waals surface area contributed by atoms with Crippen molar-refractivity contribution in [3.8, 4) is 0 Å². The molecule has 1 aromatic rings. The number of aryl methyl sites for hydroxylation is 1. The zero-order valence-electron chi connectivity index (χ0n) is 11.1. The third-order valence-electron chi connectivity index (χ3n) is 3.18. The minimum absolute atomic E-state index is 0.204. The number of carboxylic acid groups (broad SMARTS) is 1. The van der Waals surface area contributed by atoms with Gasteiger partial charge in [0.2, 0.25) is 0 Å². The van der Waals surface area contributed by atoms with E-state index in [4.69, 9.17) is 5.11 Å². The molecule has 1 saturated heterocycles. The van der Waals surface area contributed by atoms with E-state index in [1.54, 1.807) is 11.8 Å². The molecule has 1 aromatic heterocycles. The normalized spacial score (nSPS) is 16.2. The van der Waals surface area contributed by atoms with Gasteiger partial charge in [-0.3, -0.25) is 0 Å². The molecule has 20 heavy (non-hydrogen) atoms. The first-order chi connectivity index (χ1) is 9.47. The van der Waals surface area contributed by atoms with E-state index < -0.39 is 5.97 Å². The van der Waals surface area contributed by atoms with Crippen LogP contribution in [0, 0.1) is 6.92 Å². The van der Waals surface area contributed by atoms with E-state index in [1.165, 1.54) is 0 Å². The Balaban J connectivity index is 1.87. The van der Waals surface area contributed by atoms with Crippen LogP contribution >= 0.6 is 11.3 Å². The summed E-state index contributed by atoms with van der Waals surface area (Å²) in [5.74, 6) is -0.998. The fourth-order valence-electron chi connectivity index (χ4n) is 2.06. The molecule has 0 aliphatic carbocycles. The number of thiazole rings is 1. The molecule has 0 atom stereocenters. The van der Waals surface area contributed by atoms with Crippen molar-refractivity contribution >= 4 is 23.3 Å². The Morgan fingerprint density at radius 2 is 2.10 bits per heavy atom. The van der Waals surface area contributed by atoms with Gasteiger partial charge in [-0.05, 0) is 19.8 Å². The number of carboxylic acids is 1. The summed E-state index contributed by atoms with van der Waals surface area (Å²) in [6.45, 7) is 2.92. The second-order valence-electron chi connectivity index (χ2n) is 4.70. The van der Waals surface area contributed by atoms with E-state index in [1.807, 2.05) is 0 Å². The molecule has 0 bridgehead atoms. The Morgan fingerprint density at radius 3 is 2.65 bits per heavy atom. The Bertz CT molecular complexity index is 509.